The van der Waals surface area contributed by atoms with Crippen LogP contribution in [0.4, 0.5) is 0 Å². The lowest BCUT2D eigenvalue weighted by molar-refractivity contribution is 0.669. The molecule has 0 aliphatic heterocycles. The summed E-state index contributed by atoms with van der Waals surface area (Å²) in [6.07, 6.45) is 0. The van der Waals surface area contributed by atoms with Gasteiger partial charge in [-0.3, -0.25) is 0 Å². The van der Waals surface area contributed by atoms with Crippen LogP contribution in [0.1, 0.15) is 0 Å². The smallest absolute Gasteiger partial charge is 0.161 e. The topological polar surface area (TPSA) is 38.9 Å². The third-order valence-corrected chi connectivity index (χ3v) is 9.49. The van der Waals surface area contributed by atoms with Crippen LogP contribution < -0.4 is 0 Å². The molecule has 0 radical (unpaired) electrons. The Kier molecular flexibility index (Phi) is 5.68. The Morgan fingerprint density at radius 1 is 0.477 bits per heavy atom. The molecule has 9 aromatic rings. The van der Waals surface area contributed by atoms with Gasteiger partial charge in [0.15, 0.2) is 5.82 Å². The molecule has 0 saturated heterocycles. The van der Waals surface area contributed by atoms with Crippen molar-refractivity contribution in [3.05, 3.63) is 146 Å². The van der Waals surface area contributed by atoms with E-state index in [2.05, 4.69) is 127 Å². The molecule has 3 heterocycles. The van der Waals surface area contributed by atoms with Crippen LogP contribution in [0.2, 0.25) is 0 Å². The molecule has 0 atom stereocenters. The maximum Gasteiger partial charge on any atom is 0.161 e. The lowest BCUT2D eigenvalue weighted by atomic mass is 9.93. The highest BCUT2D eigenvalue weighted by atomic mass is 32.1. The second kappa shape index (κ2) is 10.0. The number of hydrogen-bond donors (Lipinski definition) is 0. The first-order valence-corrected chi connectivity index (χ1v) is 15.5. The van der Waals surface area contributed by atoms with Crippen molar-refractivity contribution in [1.82, 2.24) is 9.97 Å². The molecule has 0 saturated carbocycles. The van der Waals surface area contributed by atoms with Gasteiger partial charge in [0.05, 0.1) is 15.9 Å². The molecule has 3 aromatic heterocycles. The lowest BCUT2D eigenvalue weighted by Gasteiger charge is -2.11. The van der Waals surface area contributed by atoms with E-state index in [0.29, 0.717) is 5.82 Å². The number of rotatable bonds is 4. The van der Waals surface area contributed by atoms with Gasteiger partial charge in [0.2, 0.25) is 0 Å². The molecule has 0 bridgehead atoms. The Morgan fingerprint density at radius 2 is 1.16 bits per heavy atom. The minimum Gasteiger partial charge on any atom is -0.456 e. The predicted octanol–water partition coefficient (Wildman–Crippen LogP) is 11.4. The third-order valence-electron chi connectivity index (χ3n) is 8.33. The van der Waals surface area contributed by atoms with E-state index in [9.17, 15) is 0 Å². The third kappa shape index (κ3) is 3.96. The summed E-state index contributed by atoms with van der Waals surface area (Å²) in [5, 5.41) is 3.23. The number of furan rings is 1. The number of hydrogen-bond acceptors (Lipinski definition) is 4. The van der Waals surface area contributed by atoms with Crippen LogP contribution in [0.3, 0.4) is 0 Å². The standard InChI is InChI=1S/C40H24N2OS/c1-3-12-25(13-4-1)28-16-7-8-17-29(28)27-22-23-33-32(24-27)36-31(19-11-20-34(36)43-33)40-41-37(26-14-5-2-6-15-26)39-38(42-40)30-18-9-10-21-35(30)44-39/h1-24H. The van der Waals surface area contributed by atoms with Gasteiger partial charge in [0.1, 0.15) is 11.2 Å². The molecule has 0 aliphatic rings. The lowest BCUT2D eigenvalue weighted by Crippen LogP contribution is -1.94. The fourth-order valence-electron chi connectivity index (χ4n) is 6.29. The Bertz CT molecular complexity index is 2490. The summed E-state index contributed by atoms with van der Waals surface area (Å²) in [5.74, 6) is 0.697. The van der Waals surface area contributed by atoms with Crippen molar-refractivity contribution in [1.29, 1.82) is 0 Å². The highest BCUT2D eigenvalue weighted by Crippen LogP contribution is 2.43. The molecule has 6 aromatic carbocycles. The molecule has 0 aliphatic carbocycles. The van der Waals surface area contributed by atoms with Crippen LogP contribution in [-0.2, 0) is 0 Å². The van der Waals surface area contributed by atoms with E-state index in [1.54, 1.807) is 11.3 Å². The molecule has 0 spiro atoms. The summed E-state index contributed by atoms with van der Waals surface area (Å²) in [6, 6.07) is 50.7. The average Bonchev–Trinajstić information content (AvgIpc) is 3.67. The molecule has 9 rings (SSSR count). The van der Waals surface area contributed by atoms with Crippen molar-refractivity contribution in [2.45, 2.75) is 0 Å². The van der Waals surface area contributed by atoms with Gasteiger partial charge in [-0.25, -0.2) is 9.97 Å². The number of nitrogens with zero attached hydrogens (tertiary/aromatic N) is 2. The van der Waals surface area contributed by atoms with Crippen molar-refractivity contribution in [3.8, 4) is 44.9 Å². The molecule has 0 N–H and O–H groups in total. The van der Waals surface area contributed by atoms with E-state index >= 15 is 0 Å². The first kappa shape index (κ1) is 25.0. The van der Waals surface area contributed by atoms with Crippen molar-refractivity contribution < 1.29 is 4.42 Å². The Balaban J connectivity index is 1.31. The molecule has 44 heavy (non-hydrogen) atoms. The van der Waals surface area contributed by atoms with E-state index in [1.807, 2.05) is 18.2 Å². The van der Waals surface area contributed by atoms with E-state index in [1.165, 1.54) is 21.4 Å². The van der Waals surface area contributed by atoms with Crippen LogP contribution in [-0.4, -0.2) is 9.97 Å². The zero-order valence-corrected chi connectivity index (χ0v) is 24.4. The maximum absolute atomic E-state index is 6.42. The van der Waals surface area contributed by atoms with Crippen LogP contribution in [0.25, 0.3) is 87.1 Å². The molecule has 0 unspecified atom stereocenters. The summed E-state index contributed by atoms with van der Waals surface area (Å²) in [7, 11) is 0. The van der Waals surface area contributed by atoms with Gasteiger partial charge in [-0.15, -0.1) is 11.3 Å². The number of thiophene rings is 1. The summed E-state index contributed by atoms with van der Waals surface area (Å²) in [5.41, 5.74) is 10.4. The number of benzene rings is 6. The summed E-state index contributed by atoms with van der Waals surface area (Å²) in [6.45, 7) is 0. The minimum absolute atomic E-state index is 0.697. The van der Waals surface area contributed by atoms with Gasteiger partial charge in [-0.05, 0) is 46.5 Å². The van der Waals surface area contributed by atoms with E-state index in [0.717, 1.165) is 59.9 Å². The van der Waals surface area contributed by atoms with Gasteiger partial charge in [-0.2, -0.15) is 0 Å². The van der Waals surface area contributed by atoms with Gasteiger partial charge >= 0.3 is 0 Å². The Morgan fingerprint density at radius 3 is 1.98 bits per heavy atom. The highest BCUT2D eigenvalue weighted by Gasteiger charge is 2.20. The van der Waals surface area contributed by atoms with Gasteiger partial charge in [0, 0.05) is 32.0 Å². The average molecular weight is 581 g/mol. The number of aromatic nitrogens is 2. The second-order valence-corrected chi connectivity index (χ2v) is 12.0. The first-order valence-electron chi connectivity index (χ1n) is 14.7. The molecule has 3 nitrogen and oxygen atoms in total. The van der Waals surface area contributed by atoms with Gasteiger partial charge in [0.25, 0.3) is 0 Å². The SMILES string of the molecule is c1ccc(-c2ccccc2-c2ccc3oc4cccc(-c5nc(-c6ccccc6)c6sc7ccccc7c6n5)c4c3c2)cc1. The monoisotopic (exact) mass is 580 g/mol. The largest absolute Gasteiger partial charge is 0.456 e. The highest BCUT2D eigenvalue weighted by molar-refractivity contribution is 7.26. The van der Waals surface area contributed by atoms with E-state index < -0.39 is 0 Å². The van der Waals surface area contributed by atoms with Crippen molar-refractivity contribution in [2.24, 2.45) is 0 Å². The van der Waals surface area contributed by atoms with Crippen molar-refractivity contribution in [2.75, 3.05) is 0 Å². The fourth-order valence-corrected chi connectivity index (χ4v) is 7.44. The predicted molar refractivity (Wildman–Crippen MR) is 184 cm³/mol. The maximum atomic E-state index is 6.42. The minimum atomic E-state index is 0.697. The molecule has 0 fully saturated rings. The molecule has 0 amide bonds. The normalized spacial score (nSPS) is 11.6. The first-order chi connectivity index (χ1) is 21.8. The molecular weight excluding hydrogens is 557 g/mol. The van der Waals surface area contributed by atoms with Crippen molar-refractivity contribution in [3.63, 3.8) is 0 Å². The fraction of sp³-hybridized carbons (Fsp3) is 0. The van der Waals surface area contributed by atoms with E-state index in [4.69, 9.17) is 14.4 Å². The van der Waals surface area contributed by atoms with Crippen LogP contribution >= 0.6 is 11.3 Å². The Labute approximate surface area is 257 Å². The quantitative estimate of drug-likeness (QED) is 0.208. The van der Waals surface area contributed by atoms with Crippen molar-refractivity contribution >= 4 is 53.6 Å². The van der Waals surface area contributed by atoms with Gasteiger partial charge < -0.3 is 4.42 Å². The Hall–Kier alpha value is -5.58. The summed E-state index contributed by atoms with van der Waals surface area (Å²) >= 11 is 1.75. The van der Waals surface area contributed by atoms with Crippen LogP contribution in [0.5, 0.6) is 0 Å². The molecule has 4 heteroatoms. The summed E-state index contributed by atoms with van der Waals surface area (Å²) in [4.78, 5) is 10.5. The molecular formula is C40H24N2OS. The van der Waals surface area contributed by atoms with Crippen LogP contribution in [0, 0.1) is 0 Å². The molecule has 206 valence electrons. The van der Waals surface area contributed by atoms with Gasteiger partial charge in [-0.1, -0.05) is 121 Å². The zero-order chi connectivity index (χ0) is 29.0. The summed E-state index contributed by atoms with van der Waals surface area (Å²) < 4.78 is 8.73. The van der Waals surface area contributed by atoms with Crippen LogP contribution in [0.15, 0.2) is 150 Å². The zero-order valence-electron chi connectivity index (χ0n) is 23.6. The van der Waals surface area contributed by atoms with E-state index in [-0.39, 0.29) is 0 Å². The second-order valence-electron chi connectivity index (χ2n) is 10.9. The number of fused-ring (bicyclic) bond motifs is 6.